The lowest BCUT2D eigenvalue weighted by Crippen LogP contribution is -2.17. The molecule has 0 saturated carbocycles. The highest BCUT2D eigenvalue weighted by Crippen LogP contribution is 2.36. The van der Waals surface area contributed by atoms with E-state index in [-0.39, 0.29) is 11.2 Å². The largest absolute Gasteiger partial charge is 0.507 e. The Hall–Kier alpha value is -1.57. The molecule has 0 atom stereocenters. The van der Waals surface area contributed by atoms with Crippen molar-refractivity contribution in [3.63, 3.8) is 0 Å². The highest BCUT2D eigenvalue weighted by molar-refractivity contribution is 5.93. The minimum absolute atomic E-state index is 0.0700. The predicted molar refractivity (Wildman–Crippen MR) is 96.7 cm³/mol. The lowest BCUT2D eigenvalue weighted by Gasteiger charge is -2.26. The van der Waals surface area contributed by atoms with E-state index in [1.165, 1.54) is 31.2 Å². The number of ketones is 1. The minimum atomic E-state index is 0.0700. The molecule has 0 radical (unpaired) electrons. The molecule has 23 heavy (non-hydrogen) atoms. The van der Waals surface area contributed by atoms with E-state index in [0.29, 0.717) is 18.6 Å². The number of hydrogen-bond acceptors (Lipinski definition) is 2. The van der Waals surface area contributed by atoms with Crippen molar-refractivity contribution in [2.75, 3.05) is 0 Å². The first kappa shape index (κ1) is 17.8. The molecule has 1 aromatic rings. The molecule has 2 heteroatoms. The molecule has 0 spiro atoms. The zero-order valence-electron chi connectivity index (χ0n) is 14.8. The Labute approximate surface area is 140 Å². The quantitative estimate of drug-likeness (QED) is 0.648. The molecule has 0 saturated heterocycles. The molecule has 1 aliphatic carbocycles. The van der Waals surface area contributed by atoms with Gasteiger partial charge in [-0.3, -0.25) is 4.79 Å². The molecule has 0 amide bonds. The van der Waals surface area contributed by atoms with Crippen molar-refractivity contribution in [3.05, 3.63) is 35.4 Å². The molecule has 0 unspecified atom stereocenters. The Morgan fingerprint density at radius 3 is 2.61 bits per heavy atom. The molecule has 0 heterocycles. The number of carbonyl (C=O) groups excluding carboxylic acids is 1. The number of carbonyl (C=O) groups is 1. The molecular weight excluding hydrogens is 284 g/mol. The number of phenols is 1. The van der Waals surface area contributed by atoms with Crippen LogP contribution in [0.3, 0.4) is 0 Å². The number of phenolic OH excluding ortho intramolecular Hbond substituents is 1. The van der Waals surface area contributed by atoms with Gasteiger partial charge in [-0.15, -0.1) is 0 Å². The van der Waals surface area contributed by atoms with Gasteiger partial charge in [-0.2, -0.15) is 0 Å². The predicted octanol–water partition coefficient (Wildman–Crippen LogP) is 5.78. The maximum Gasteiger partial charge on any atom is 0.137 e. The van der Waals surface area contributed by atoms with Crippen LogP contribution in [-0.2, 0) is 10.2 Å². The summed E-state index contributed by atoms with van der Waals surface area (Å²) in [7, 11) is 0. The van der Waals surface area contributed by atoms with Crippen molar-refractivity contribution in [2.24, 2.45) is 0 Å². The van der Waals surface area contributed by atoms with Gasteiger partial charge in [0.2, 0.25) is 0 Å². The van der Waals surface area contributed by atoms with E-state index in [0.717, 1.165) is 24.0 Å². The van der Waals surface area contributed by atoms with E-state index in [9.17, 15) is 9.90 Å². The van der Waals surface area contributed by atoms with Crippen LogP contribution in [0.25, 0.3) is 5.57 Å². The SMILES string of the molecule is CCCCCCC(C)(C)c1ccc(C2=CCCC(=O)C2)c(O)c1. The number of aromatic hydroxyl groups is 1. The second-order valence-corrected chi connectivity index (χ2v) is 7.41. The second-order valence-electron chi connectivity index (χ2n) is 7.41. The summed E-state index contributed by atoms with van der Waals surface area (Å²) >= 11 is 0. The van der Waals surface area contributed by atoms with Crippen LogP contribution in [0.2, 0.25) is 0 Å². The Morgan fingerprint density at radius 1 is 1.17 bits per heavy atom. The monoisotopic (exact) mass is 314 g/mol. The van der Waals surface area contributed by atoms with Crippen LogP contribution in [0.1, 0.15) is 83.3 Å². The van der Waals surface area contributed by atoms with Gasteiger partial charge in [-0.25, -0.2) is 0 Å². The van der Waals surface area contributed by atoms with Crippen molar-refractivity contribution in [1.29, 1.82) is 0 Å². The number of unbranched alkanes of at least 4 members (excludes halogenated alkanes) is 3. The number of benzene rings is 1. The standard InChI is InChI=1S/C21H30O2/c1-4-5-6-7-13-21(2,3)17-11-12-19(20(23)15-17)16-9-8-10-18(22)14-16/h9,11-12,15,23H,4-8,10,13-14H2,1-3H3. The molecule has 0 fully saturated rings. The fourth-order valence-electron chi connectivity index (χ4n) is 3.35. The van der Waals surface area contributed by atoms with Crippen LogP contribution < -0.4 is 0 Å². The number of hydrogen-bond donors (Lipinski definition) is 1. The van der Waals surface area contributed by atoms with Gasteiger partial charge in [0.25, 0.3) is 0 Å². The van der Waals surface area contributed by atoms with Crippen molar-refractivity contribution < 1.29 is 9.90 Å². The van der Waals surface area contributed by atoms with Crippen LogP contribution in [-0.4, -0.2) is 10.9 Å². The third-order valence-corrected chi connectivity index (χ3v) is 4.98. The molecule has 1 aromatic carbocycles. The van der Waals surface area contributed by atoms with Crippen LogP contribution in [0, 0.1) is 0 Å². The Morgan fingerprint density at radius 2 is 1.96 bits per heavy atom. The summed E-state index contributed by atoms with van der Waals surface area (Å²) in [5.74, 6) is 0.576. The van der Waals surface area contributed by atoms with E-state index in [1.54, 1.807) is 0 Å². The highest BCUT2D eigenvalue weighted by Gasteiger charge is 2.22. The van der Waals surface area contributed by atoms with Gasteiger partial charge in [0.05, 0.1) is 0 Å². The summed E-state index contributed by atoms with van der Waals surface area (Å²) in [6.07, 6.45) is 10.1. The lowest BCUT2D eigenvalue weighted by molar-refractivity contribution is -0.118. The van der Waals surface area contributed by atoms with Gasteiger partial charge >= 0.3 is 0 Å². The zero-order chi connectivity index (χ0) is 16.9. The molecule has 0 aromatic heterocycles. The van der Waals surface area contributed by atoms with E-state index in [2.05, 4.69) is 32.9 Å². The summed E-state index contributed by atoms with van der Waals surface area (Å²) in [6.45, 7) is 6.72. The summed E-state index contributed by atoms with van der Waals surface area (Å²) in [6, 6.07) is 6.01. The van der Waals surface area contributed by atoms with Gasteiger partial charge < -0.3 is 5.11 Å². The molecule has 0 bridgehead atoms. The number of rotatable bonds is 7. The summed E-state index contributed by atoms with van der Waals surface area (Å²) < 4.78 is 0. The third kappa shape index (κ3) is 4.70. The van der Waals surface area contributed by atoms with E-state index in [1.807, 2.05) is 12.1 Å². The average molecular weight is 314 g/mol. The normalized spacial score (nSPS) is 15.6. The Balaban J connectivity index is 2.12. The molecule has 126 valence electrons. The average Bonchev–Trinajstić information content (AvgIpc) is 2.51. The van der Waals surface area contributed by atoms with Gasteiger partial charge in [-0.1, -0.05) is 64.7 Å². The molecule has 2 rings (SSSR count). The van der Waals surface area contributed by atoms with Crippen LogP contribution in [0.15, 0.2) is 24.3 Å². The maximum atomic E-state index is 11.6. The molecule has 1 aliphatic rings. The smallest absolute Gasteiger partial charge is 0.137 e. The molecular formula is C21H30O2. The molecule has 2 nitrogen and oxygen atoms in total. The number of Topliss-reactive ketones (excluding diaryl/α,β-unsaturated/α-hetero) is 1. The Bertz CT molecular complexity index is 582. The van der Waals surface area contributed by atoms with Crippen molar-refractivity contribution in [1.82, 2.24) is 0 Å². The van der Waals surface area contributed by atoms with Gasteiger partial charge in [0, 0.05) is 18.4 Å². The van der Waals surface area contributed by atoms with Gasteiger partial charge in [0.15, 0.2) is 0 Å². The zero-order valence-corrected chi connectivity index (χ0v) is 14.8. The number of allylic oxidation sites excluding steroid dienone is 2. The van der Waals surface area contributed by atoms with E-state index < -0.39 is 0 Å². The Kier molecular flexibility index (Phi) is 6.04. The fourth-order valence-corrected chi connectivity index (χ4v) is 3.35. The summed E-state index contributed by atoms with van der Waals surface area (Å²) in [5.41, 5.74) is 3.05. The van der Waals surface area contributed by atoms with E-state index >= 15 is 0 Å². The third-order valence-electron chi connectivity index (χ3n) is 4.98. The van der Waals surface area contributed by atoms with Crippen LogP contribution in [0.4, 0.5) is 0 Å². The van der Waals surface area contributed by atoms with Gasteiger partial charge in [-0.05, 0) is 35.5 Å². The lowest BCUT2D eigenvalue weighted by atomic mass is 9.79. The fraction of sp³-hybridized carbons (Fsp3) is 0.571. The van der Waals surface area contributed by atoms with Crippen molar-refractivity contribution in [3.8, 4) is 5.75 Å². The highest BCUT2D eigenvalue weighted by atomic mass is 16.3. The minimum Gasteiger partial charge on any atom is -0.507 e. The van der Waals surface area contributed by atoms with Gasteiger partial charge in [0.1, 0.15) is 11.5 Å². The van der Waals surface area contributed by atoms with Crippen LogP contribution >= 0.6 is 0 Å². The van der Waals surface area contributed by atoms with Crippen molar-refractivity contribution in [2.45, 2.75) is 77.6 Å². The first-order chi connectivity index (χ1) is 10.9. The topological polar surface area (TPSA) is 37.3 Å². The van der Waals surface area contributed by atoms with Crippen molar-refractivity contribution >= 4 is 11.4 Å². The first-order valence-corrected chi connectivity index (χ1v) is 8.98. The molecule has 0 aliphatic heterocycles. The molecule has 1 N–H and O–H groups in total. The summed E-state index contributed by atoms with van der Waals surface area (Å²) in [5, 5.41) is 10.5. The summed E-state index contributed by atoms with van der Waals surface area (Å²) in [4.78, 5) is 11.6. The first-order valence-electron chi connectivity index (χ1n) is 8.98. The maximum absolute atomic E-state index is 11.6. The van der Waals surface area contributed by atoms with E-state index in [4.69, 9.17) is 0 Å². The van der Waals surface area contributed by atoms with Crippen LogP contribution in [0.5, 0.6) is 5.75 Å². The second kappa shape index (κ2) is 7.81.